The van der Waals surface area contributed by atoms with Crippen LogP contribution in [-0.2, 0) is 12.0 Å². The fraction of sp³-hybridized carbons (Fsp3) is 0.167. The average Bonchev–Trinajstić information content (AvgIpc) is 3.79. The highest BCUT2D eigenvalue weighted by Gasteiger charge is 2.52. The molecule has 3 aliphatic rings. The molecule has 1 saturated carbocycles. The SMILES string of the molecule is CNCc1ccc2c(c1)C1(c3cc(C4CC4)ccc3-2)c2ccccc2N(c2ccccc2)c2ccccc21.N. The van der Waals surface area contributed by atoms with E-state index in [2.05, 4.69) is 125 Å². The molecule has 2 aliphatic carbocycles. The Balaban J connectivity index is 0.00000253. The van der Waals surface area contributed by atoms with Crippen LogP contribution in [0.3, 0.4) is 0 Å². The lowest BCUT2D eigenvalue weighted by molar-refractivity contribution is 0.745. The van der Waals surface area contributed by atoms with Crippen molar-refractivity contribution in [2.24, 2.45) is 0 Å². The molecule has 39 heavy (non-hydrogen) atoms. The maximum atomic E-state index is 3.38. The van der Waals surface area contributed by atoms with Crippen LogP contribution in [-0.4, -0.2) is 7.05 Å². The zero-order chi connectivity index (χ0) is 25.3. The normalized spacial score (nSPS) is 15.7. The molecule has 0 aromatic heterocycles. The molecule has 1 aliphatic heterocycles. The lowest BCUT2D eigenvalue weighted by Crippen LogP contribution is -2.36. The Morgan fingerprint density at radius 3 is 1.90 bits per heavy atom. The van der Waals surface area contributed by atoms with Crippen LogP contribution < -0.4 is 16.4 Å². The quantitative estimate of drug-likeness (QED) is 0.251. The van der Waals surface area contributed by atoms with E-state index in [0.29, 0.717) is 5.92 Å². The molecule has 0 bridgehead atoms. The third-order valence-corrected chi connectivity index (χ3v) is 8.77. The summed E-state index contributed by atoms with van der Waals surface area (Å²) in [6, 6.07) is 43.4. The molecule has 0 atom stereocenters. The average molecular weight is 508 g/mol. The zero-order valence-corrected chi connectivity index (χ0v) is 22.3. The minimum atomic E-state index is -0.363. The Kier molecular flexibility index (Phi) is 5.48. The summed E-state index contributed by atoms with van der Waals surface area (Å²) >= 11 is 0. The highest BCUT2D eigenvalue weighted by Crippen LogP contribution is 2.63. The van der Waals surface area contributed by atoms with E-state index in [0.717, 1.165) is 6.54 Å². The molecule has 0 unspecified atom stereocenters. The summed E-state index contributed by atoms with van der Waals surface area (Å²) in [7, 11) is 2.03. The molecule has 1 spiro atoms. The van der Waals surface area contributed by atoms with Gasteiger partial charge in [0.15, 0.2) is 0 Å². The topological polar surface area (TPSA) is 50.3 Å². The predicted molar refractivity (Wildman–Crippen MR) is 162 cm³/mol. The van der Waals surface area contributed by atoms with Crippen LogP contribution in [0.1, 0.15) is 52.1 Å². The van der Waals surface area contributed by atoms with Gasteiger partial charge in [-0.15, -0.1) is 0 Å². The Morgan fingerprint density at radius 2 is 1.26 bits per heavy atom. The number of para-hydroxylation sites is 3. The standard InChI is InChI=1S/C36H30N2.H3N/c1-37-23-24-15-19-28-29-20-18-26(25-16-17-25)22-33(29)36(32(28)21-24)30-11-5-7-13-34(30)38(27-9-3-2-4-10-27)35-14-8-6-12-31(35)36;/h2-15,18-22,25,37H,16-17,23H2,1H3;1H3. The minimum Gasteiger partial charge on any atom is -0.344 e. The Labute approximate surface area is 230 Å². The van der Waals surface area contributed by atoms with E-state index in [-0.39, 0.29) is 11.6 Å². The van der Waals surface area contributed by atoms with E-state index in [9.17, 15) is 0 Å². The van der Waals surface area contributed by atoms with Crippen molar-refractivity contribution in [2.75, 3.05) is 11.9 Å². The van der Waals surface area contributed by atoms with Gasteiger partial charge in [0.1, 0.15) is 0 Å². The van der Waals surface area contributed by atoms with Crippen LogP contribution in [0, 0.1) is 0 Å². The maximum absolute atomic E-state index is 3.38. The van der Waals surface area contributed by atoms with Crippen molar-refractivity contribution in [3.05, 3.63) is 149 Å². The maximum Gasteiger partial charge on any atom is 0.0754 e. The summed E-state index contributed by atoms with van der Waals surface area (Å²) in [6.45, 7) is 0.854. The van der Waals surface area contributed by atoms with Gasteiger partial charge in [-0.2, -0.15) is 0 Å². The van der Waals surface area contributed by atoms with E-state index in [1.165, 1.54) is 74.4 Å². The molecule has 4 N–H and O–H groups in total. The summed E-state index contributed by atoms with van der Waals surface area (Å²) in [5, 5.41) is 3.38. The first-order chi connectivity index (χ1) is 18.8. The molecule has 8 rings (SSSR count). The van der Waals surface area contributed by atoms with Gasteiger partial charge in [-0.25, -0.2) is 0 Å². The van der Waals surface area contributed by atoms with Crippen molar-refractivity contribution < 1.29 is 0 Å². The van der Waals surface area contributed by atoms with E-state index >= 15 is 0 Å². The van der Waals surface area contributed by atoms with Crippen molar-refractivity contribution in [1.29, 1.82) is 0 Å². The van der Waals surface area contributed by atoms with Crippen molar-refractivity contribution >= 4 is 17.1 Å². The highest BCUT2D eigenvalue weighted by molar-refractivity contribution is 5.95. The second-order valence-corrected chi connectivity index (χ2v) is 10.9. The monoisotopic (exact) mass is 507 g/mol. The van der Waals surface area contributed by atoms with Gasteiger partial charge in [0.25, 0.3) is 0 Å². The minimum absolute atomic E-state index is 0. The van der Waals surface area contributed by atoms with Gasteiger partial charge in [-0.3, -0.25) is 0 Å². The van der Waals surface area contributed by atoms with Crippen LogP contribution in [0.2, 0.25) is 0 Å². The van der Waals surface area contributed by atoms with Crippen LogP contribution in [0.15, 0.2) is 115 Å². The van der Waals surface area contributed by atoms with Crippen molar-refractivity contribution in [3.63, 3.8) is 0 Å². The van der Waals surface area contributed by atoms with Crippen molar-refractivity contribution in [3.8, 4) is 11.1 Å². The first kappa shape index (κ1) is 23.9. The smallest absolute Gasteiger partial charge is 0.0754 e. The second kappa shape index (κ2) is 8.94. The highest BCUT2D eigenvalue weighted by atomic mass is 15.2. The predicted octanol–water partition coefficient (Wildman–Crippen LogP) is 8.59. The Morgan fingerprint density at radius 1 is 0.667 bits per heavy atom. The second-order valence-electron chi connectivity index (χ2n) is 10.9. The third-order valence-electron chi connectivity index (χ3n) is 8.77. The molecule has 0 saturated heterocycles. The van der Waals surface area contributed by atoms with E-state index in [1.54, 1.807) is 0 Å². The number of nitrogens with zero attached hydrogens (tertiary/aromatic N) is 1. The number of rotatable bonds is 4. The first-order valence-electron chi connectivity index (χ1n) is 13.8. The fourth-order valence-corrected chi connectivity index (χ4v) is 7.06. The number of fused-ring (bicyclic) bond motifs is 9. The van der Waals surface area contributed by atoms with Gasteiger partial charge in [-0.1, -0.05) is 91.0 Å². The molecule has 5 aromatic carbocycles. The fourth-order valence-electron chi connectivity index (χ4n) is 7.06. The van der Waals surface area contributed by atoms with E-state index in [1.807, 2.05) is 7.05 Å². The van der Waals surface area contributed by atoms with Gasteiger partial charge < -0.3 is 16.4 Å². The molecule has 192 valence electrons. The molecule has 3 nitrogen and oxygen atoms in total. The van der Waals surface area contributed by atoms with Gasteiger partial charge in [0.05, 0.1) is 16.8 Å². The summed E-state index contributed by atoms with van der Waals surface area (Å²) in [5.74, 6) is 0.704. The number of anilines is 3. The first-order valence-corrected chi connectivity index (χ1v) is 13.8. The van der Waals surface area contributed by atoms with E-state index < -0.39 is 0 Å². The molecule has 3 heteroatoms. The van der Waals surface area contributed by atoms with Gasteiger partial charge in [0.2, 0.25) is 0 Å². The molecular formula is C36H33N3. The van der Waals surface area contributed by atoms with Crippen LogP contribution >= 0.6 is 0 Å². The van der Waals surface area contributed by atoms with Gasteiger partial charge in [-0.05, 0) is 94.6 Å². The number of benzene rings is 5. The number of nitrogens with one attached hydrogen (secondary N) is 1. The number of hydrogen-bond acceptors (Lipinski definition) is 3. The molecule has 1 heterocycles. The summed E-state index contributed by atoms with van der Waals surface area (Å²) < 4.78 is 0. The summed E-state index contributed by atoms with van der Waals surface area (Å²) in [4.78, 5) is 2.45. The van der Waals surface area contributed by atoms with Gasteiger partial charge >= 0.3 is 0 Å². The largest absolute Gasteiger partial charge is 0.344 e. The molecule has 0 amide bonds. The van der Waals surface area contributed by atoms with E-state index in [4.69, 9.17) is 0 Å². The third kappa shape index (κ3) is 3.30. The lowest BCUT2D eigenvalue weighted by atomic mass is 9.64. The van der Waals surface area contributed by atoms with Crippen LogP contribution in [0.4, 0.5) is 17.1 Å². The Hall–Kier alpha value is -4.18. The summed E-state index contributed by atoms with van der Waals surface area (Å²) in [5.41, 5.74) is 14.4. The van der Waals surface area contributed by atoms with Crippen molar-refractivity contribution in [2.45, 2.75) is 30.7 Å². The molecule has 1 fully saturated rings. The van der Waals surface area contributed by atoms with Crippen molar-refractivity contribution in [1.82, 2.24) is 11.5 Å². The number of hydrogen-bond donors (Lipinski definition) is 2. The summed E-state index contributed by atoms with van der Waals surface area (Å²) in [6.07, 6.45) is 2.61. The molecule has 5 aromatic rings. The molecular weight excluding hydrogens is 474 g/mol. The zero-order valence-electron chi connectivity index (χ0n) is 22.3. The lowest BCUT2D eigenvalue weighted by Gasteiger charge is -2.45. The Bertz CT molecular complexity index is 1650. The van der Waals surface area contributed by atoms with Crippen LogP contribution in [0.5, 0.6) is 0 Å². The molecule has 0 radical (unpaired) electrons. The van der Waals surface area contributed by atoms with Gasteiger partial charge in [0, 0.05) is 12.2 Å². The van der Waals surface area contributed by atoms with Crippen LogP contribution in [0.25, 0.3) is 11.1 Å².